The maximum absolute atomic E-state index is 11.4. The van der Waals surface area contributed by atoms with Crippen LogP contribution in [-0.4, -0.2) is 61.6 Å². The molecule has 0 heterocycles. The fourth-order valence-corrected chi connectivity index (χ4v) is 1.47. The molecule has 19 heavy (non-hydrogen) atoms. The van der Waals surface area contributed by atoms with E-state index in [0.29, 0.717) is 26.1 Å². The van der Waals surface area contributed by atoms with Gasteiger partial charge in [-0.3, -0.25) is 4.79 Å². The molecule has 0 aliphatic rings. The molecule has 5 N–H and O–H groups in total. The Morgan fingerprint density at radius 1 is 1.11 bits per heavy atom. The number of carbonyl (C=O) groups is 1. The first kappa shape index (κ1) is 18.3. The number of rotatable bonds is 13. The minimum atomic E-state index is -0.278. The zero-order valence-corrected chi connectivity index (χ0v) is 12.0. The summed E-state index contributed by atoms with van der Waals surface area (Å²) in [6.45, 7) is 5.58. The first-order valence-electron chi connectivity index (χ1n) is 7.17. The van der Waals surface area contributed by atoms with Crippen molar-refractivity contribution in [2.24, 2.45) is 0 Å². The molecule has 0 aromatic rings. The number of hydrogen-bond acceptors (Lipinski definition) is 5. The normalized spacial score (nSPS) is 12.4. The van der Waals surface area contributed by atoms with E-state index in [9.17, 15) is 9.90 Å². The highest BCUT2D eigenvalue weighted by Crippen LogP contribution is 1.86. The molecular formula is C13H29N3O3. The molecule has 6 nitrogen and oxygen atoms in total. The van der Waals surface area contributed by atoms with E-state index in [4.69, 9.17) is 5.11 Å². The highest BCUT2D eigenvalue weighted by atomic mass is 16.3. The van der Waals surface area contributed by atoms with Crippen molar-refractivity contribution < 1.29 is 15.0 Å². The van der Waals surface area contributed by atoms with Crippen LogP contribution >= 0.6 is 0 Å². The third kappa shape index (κ3) is 13.5. The van der Waals surface area contributed by atoms with Gasteiger partial charge >= 0.3 is 0 Å². The quantitative estimate of drug-likeness (QED) is 0.284. The van der Waals surface area contributed by atoms with Gasteiger partial charge in [0.2, 0.25) is 5.91 Å². The Morgan fingerprint density at radius 2 is 1.84 bits per heavy atom. The number of hydrogen-bond donors (Lipinski definition) is 5. The first-order valence-corrected chi connectivity index (χ1v) is 7.17. The van der Waals surface area contributed by atoms with Gasteiger partial charge in [-0.25, -0.2) is 0 Å². The average molecular weight is 275 g/mol. The Morgan fingerprint density at radius 3 is 2.53 bits per heavy atom. The van der Waals surface area contributed by atoms with Crippen molar-refractivity contribution >= 4 is 5.91 Å². The van der Waals surface area contributed by atoms with Crippen molar-refractivity contribution in [3.8, 4) is 0 Å². The molecule has 0 rings (SSSR count). The van der Waals surface area contributed by atoms with Crippen LogP contribution in [-0.2, 0) is 4.79 Å². The summed E-state index contributed by atoms with van der Waals surface area (Å²) in [5, 5.41) is 26.9. The summed E-state index contributed by atoms with van der Waals surface area (Å²) in [6.07, 6.45) is 2.52. The lowest BCUT2D eigenvalue weighted by Gasteiger charge is -2.09. The highest BCUT2D eigenvalue weighted by Gasteiger charge is 2.01. The van der Waals surface area contributed by atoms with Crippen molar-refractivity contribution in [2.45, 2.75) is 38.7 Å². The van der Waals surface area contributed by atoms with Crippen molar-refractivity contribution in [2.75, 3.05) is 39.3 Å². The summed E-state index contributed by atoms with van der Waals surface area (Å²) in [5.74, 6) is 0.0464. The fraction of sp³-hybridized carbons (Fsp3) is 0.923. The van der Waals surface area contributed by atoms with Crippen LogP contribution in [0.5, 0.6) is 0 Å². The smallest absolute Gasteiger partial charge is 0.221 e. The molecule has 0 aromatic heterocycles. The second-order valence-corrected chi connectivity index (χ2v) is 4.55. The molecule has 0 bridgehead atoms. The fourth-order valence-electron chi connectivity index (χ4n) is 1.47. The van der Waals surface area contributed by atoms with Crippen LogP contribution in [0.3, 0.4) is 0 Å². The van der Waals surface area contributed by atoms with Crippen LogP contribution in [0.1, 0.15) is 32.6 Å². The lowest BCUT2D eigenvalue weighted by atomic mass is 10.3. The second-order valence-electron chi connectivity index (χ2n) is 4.55. The predicted molar refractivity (Wildman–Crippen MR) is 76.0 cm³/mol. The van der Waals surface area contributed by atoms with Gasteiger partial charge in [0.05, 0.1) is 6.10 Å². The summed E-state index contributed by atoms with van der Waals surface area (Å²) in [5.41, 5.74) is 0. The summed E-state index contributed by atoms with van der Waals surface area (Å²) in [6, 6.07) is 0. The SMILES string of the molecule is CCC(O)CNCCCNC(=O)CCNCCCO. The van der Waals surface area contributed by atoms with Gasteiger partial charge in [-0.05, 0) is 32.4 Å². The van der Waals surface area contributed by atoms with Crippen molar-refractivity contribution in [1.29, 1.82) is 0 Å². The minimum Gasteiger partial charge on any atom is -0.396 e. The van der Waals surface area contributed by atoms with Crippen molar-refractivity contribution in [1.82, 2.24) is 16.0 Å². The molecule has 0 aliphatic heterocycles. The molecule has 1 atom stereocenters. The topological polar surface area (TPSA) is 93.6 Å². The van der Waals surface area contributed by atoms with Crippen LogP contribution in [0, 0.1) is 0 Å². The van der Waals surface area contributed by atoms with Crippen LogP contribution in [0.2, 0.25) is 0 Å². The Hall–Kier alpha value is -0.690. The van der Waals surface area contributed by atoms with Crippen molar-refractivity contribution in [3.05, 3.63) is 0 Å². The molecule has 1 unspecified atom stereocenters. The van der Waals surface area contributed by atoms with Crippen LogP contribution in [0.15, 0.2) is 0 Å². The van der Waals surface area contributed by atoms with E-state index >= 15 is 0 Å². The van der Waals surface area contributed by atoms with Gasteiger partial charge in [0, 0.05) is 32.7 Å². The number of nitrogens with one attached hydrogen (secondary N) is 3. The van der Waals surface area contributed by atoms with Gasteiger partial charge in [-0.15, -0.1) is 0 Å². The highest BCUT2D eigenvalue weighted by molar-refractivity contribution is 5.75. The van der Waals surface area contributed by atoms with E-state index in [2.05, 4.69) is 16.0 Å². The Bertz CT molecular complexity index is 215. The molecule has 0 radical (unpaired) electrons. The average Bonchev–Trinajstić information content (AvgIpc) is 2.42. The molecule has 0 aromatic carbocycles. The third-order valence-electron chi connectivity index (χ3n) is 2.74. The van der Waals surface area contributed by atoms with E-state index < -0.39 is 0 Å². The maximum Gasteiger partial charge on any atom is 0.221 e. The Balaban J connectivity index is 3.20. The number of carbonyl (C=O) groups excluding carboxylic acids is 1. The molecular weight excluding hydrogens is 246 g/mol. The number of aliphatic hydroxyl groups excluding tert-OH is 2. The standard InChI is InChI=1S/C13H29N3O3/c1-2-12(18)11-15-6-3-8-16-13(19)5-9-14-7-4-10-17/h12,14-15,17-18H,2-11H2,1H3,(H,16,19). The lowest BCUT2D eigenvalue weighted by molar-refractivity contribution is -0.120. The predicted octanol–water partition coefficient (Wildman–Crippen LogP) is -0.785. The van der Waals surface area contributed by atoms with Gasteiger partial charge < -0.3 is 26.2 Å². The molecule has 6 heteroatoms. The molecule has 0 saturated carbocycles. The molecule has 0 aliphatic carbocycles. The van der Waals surface area contributed by atoms with Crippen LogP contribution in [0.4, 0.5) is 0 Å². The van der Waals surface area contributed by atoms with Crippen molar-refractivity contribution in [3.63, 3.8) is 0 Å². The minimum absolute atomic E-state index is 0.0464. The molecule has 114 valence electrons. The largest absolute Gasteiger partial charge is 0.396 e. The van der Waals surface area contributed by atoms with Crippen LogP contribution in [0.25, 0.3) is 0 Å². The zero-order valence-electron chi connectivity index (χ0n) is 12.0. The van der Waals surface area contributed by atoms with Gasteiger partial charge in [0.15, 0.2) is 0 Å². The van der Waals surface area contributed by atoms with Crippen LogP contribution < -0.4 is 16.0 Å². The van der Waals surface area contributed by atoms with Gasteiger partial charge in [-0.1, -0.05) is 6.92 Å². The lowest BCUT2D eigenvalue weighted by Crippen LogP contribution is -2.32. The van der Waals surface area contributed by atoms with Gasteiger partial charge in [0.1, 0.15) is 0 Å². The molecule has 0 spiro atoms. The summed E-state index contributed by atoms with van der Waals surface area (Å²) >= 11 is 0. The zero-order chi connectivity index (χ0) is 14.3. The van der Waals surface area contributed by atoms with E-state index in [1.165, 1.54) is 0 Å². The summed E-state index contributed by atoms with van der Waals surface area (Å²) in [7, 11) is 0. The Labute approximate surface area is 116 Å². The number of amides is 1. The van der Waals surface area contributed by atoms with E-state index in [0.717, 1.165) is 32.4 Å². The van der Waals surface area contributed by atoms with E-state index in [1.807, 2.05) is 6.92 Å². The third-order valence-corrected chi connectivity index (χ3v) is 2.74. The second kappa shape index (κ2) is 13.7. The maximum atomic E-state index is 11.4. The molecule has 0 fully saturated rings. The summed E-state index contributed by atoms with van der Waals surface area (Å²) < 4.78 is 0. The van der Waals surface area contributed by atoms with Gasteiger partial charge in [0.25, 0.3) is 0 Å². The first-order chi connectivity index (χ1) is 9.20. The van der Waals surface area contributed by atoms with E-state index in [1.54, 1.807) is 0 Å². The summed E-state index contributed by atoms with van der Waals surface area (Å²) in [4.78, 5) is 11.4. The van der Waals surface area contributed by atoms with Gasteiger partial charge in [-0.2, -0.15) is 0 Å². The number of aliphatic hydroxyl groups is 2. The molecule has 1 amide bonds. The monoisotopic (exact) mass is 275 g/mol. The Kier molecular flexibility index (Phi) is 13.2. The van der Waals surface area contributed by atoms with E-state index in [-0.39, 0.29) is 18.6 Å². The molecule has 0 saturated heterocycles.